The highest BCUT2D eigenvalue weighted by atomic mass is 35.5. The average Bonchev–Trinajstić information content (AvgIpc) is 2.89. The van der Waals surface area contributed by atoms with Crippen molar-refractivity contribution in [3.05, 3.63) is 52.1 Å². The maximum absolute atomic E-state index is 12.1. The van der Waals surface area contributed by atoms with Crippen LogP contribution in [-0.4, -0.2) is 25.5 Å². The number of fused-ring (bicyclic) bond motifs is 1. The number of hydrogen-bond donors (Lipinski definition) is 1. The van der Waals surface area contributed by atoms with Crippen molar-refractivity contribution in [3.63, 3.8) is 0 Å². The van der Waals surface area contributed by atoms with E-state index in [-0.39, 0.29) is 17.4 Å². The Morgan fingerprint density at radius 3 is 2.83 bits per heavy atom. The molecule has 120 valence electrons. The van der Waals surface area contributed by atoms with Gasteiger partial charge in [0.25, 0.3) is 5.78 Å². The Hall–Kier alpha value is -2.98. The van der Waals surface area contributed by atoms with Crippen LogP contribution in [0.1, 0.15) is 22.8 Å². The third-order valence-corrected chi connectivity index (χ3v) is 3.67. The molecular weight excluding hydrogens is 328 g/mol. The third-order valence-electron chi connectivity index (χ3n) is 3.35. The molecule has 0 bridgehead atoms. The molecule has 2 heterocycles. The molecule has 0 atom stereocenters. The summed E-state index contributed by atoms with van der Waals surface area (Å²) < 4.78 is 1.61. The lowest BCUT2D eigenvalue weighted by Gasteiger charge is -2.04. The van der Waals surface area contributed by atoms with Gasteiger partial charge in [0.2, 0.25) is 5.91 Å². The molecule has 1 aromatic carbocycles. The lowest BCUT2D eigenvalue weighted by molar-refractivity contribution is -0.115. The van der Waals surface area contributed by atoms with Crippen LogP contribution in [0.5, 0.6) is 0 Å². The van der Waals surface area contributed by atoms with Gasteiger partial charge in [-0.25, -0.2) is 9.50 Å². The van der Waals surface area contributed by atoms with Gasteiger partial charge < -0.3 is 5.32 Å². The van der Waals surface area contributed by atoms with Gasteiger partial charge in [-0.3, -0.25) is 4.79 Å². The topological polar surface area (TPSA) is 96.0 Å². The summed E-state index contributed by atoms with van der Waals surface area (Å²) in [6.45, 7) is 3.78. The fourth-order valence-corrected chi connectivity index (χ4v) is 2.54. The zero-order valence-corrected chi connectivity index (χ0v) is 13.8. The van der Waals surface area contributed by atoms with Crippen molar-refractivity contribution in [1.82, 2.24) is 19.6 Å². The van der Waals surface area contributed by atoms with Crippen molar-refractivity contribution in [2.75, 3.05) is 5.32 Å². The van der Waals surface area contributed by atoms with Gasteiger partial charge in [0.1, 0.15) is 6.07 Å². The van der Waals surface area contributed by atoms with E-state index in [0.29, 0.717) is 22.9 Å². The molecule has 2 aromatic heterocycles. The predicted octanol–water partition coefficient (Wildman–Crippen LogP) is 2.45. The molecule has 0 saturated heterocycles. The van der Waals surface area contributed by atoms with E-state index in [4.69, 9.17) is 16.9 Å². The SMILES string of the molecule is Cc1cc(C)n2nc(CC(=O)Nc3ccc(C#N)c(Cl)c3)nc2n1. The summed E-state index contributed by atoms with van der Waals surface area (Å²) >= 11 is 5.95. The van der Waals surface area contributed by atoms with Crippen molar-refractivity contribution in [2.24, 2.45) is 0 Å². The number of nitrogens with zero attached hydrogens (tertiary/aromatic N) is 5. The minimum Gasteiger partial charge on any atom is -0.326 e. The van der Waals surface area contributed by atoms with Crippen molar-refractivity contribution < 1.29 is 4.79 Å². The van der Waals surface area contributed by atoms with E-state index in [1.54, 1.807) is 16.6 Å². The van der Waals surface area contributed by atoms with E-state index in [0.717, 1.165) is 11.4 Å². The number of aryl methyl sites for hydroxylation is 2. The Morgan fingerprint density at radius 2 is 2.12 bits per heavy atom. The van der Waals surface area contributed by atoms with Crippen LogP contribution >= 0.6 is 11.6 Å². The number of hydrogen-bond acceptors (Lipinski definition) is 5. The number of halogens is 1. The van der Waals surface area contributed by atoms with Crippen LogP contribution in [0.2, 0.25) is 5.02 Å². The number of nitriles is 1. The van der Waals surface area contributed by atoms with Crippen LogP contribution in [0.3, 0.4) is 0 Å². The third kappa shape index (κ3) is 3.19. The summed E-state index contributed by atoms with van der Waals surface area (Å²) in [5.41, 5.74) is 2.61. The Morgan fingerprint density at radius 1 is 1.33 bits per heavy atom. The molecule has 24 heavy (non-hydrogen) atoms. The van der Waals surface area contributed by atoms with Gasteiger partial charge in [-0.05, 0) is 38.1 Å². The number of anilines is 1. The molecule has 3 rings (SSSR count). The standard InChI is InChI=1S/C16H13ClN6O/c1-9-5-10(2)23-16(19-9)21-14(22-23)7-15(24)20-12-4-3-11(8-18)13(17)6-12/h3-6H,7H2,1-2H3,(H,20,24). The Labute approximate surface area is 142 Å². The number of aromatic nitrogens is 4. The van der Waals surface area contributed by atoms with Gasteiger partial charge in [-0.15, -0.1) is 5.10 Å². The number of carbonyl (C=O) groups is 1. The molecule has 0 aliphatic heterocycles. The smallest absolute Gasteiger partial charge is 0.252 e. The highest BCUT2D eigenvalue weighted by molar-refractivity contribution is 6.32. The fourth-order valence-electron chi connectivity index (χ4n) is 2.31. The first-order valence-corrected chi connectivity index (χ1v) is 7.53. The van der Waals surface area contributed by atoms with Crippen LogP contribution < -0.4 is 5.32 Å². The molecule has 1 N–H and O–H groups in total. The van der Waals surface area contributed by atoms with Crippen LogP contribution in [0.4, 0.5) is 5.69 Å². The summed E-state index contributed by atoms with van der Waals surface area (Å²) in [7, 11) is 0. The zero-order chi connectivity index (χ0) is 17.3. The second-order valence-corrected chi connectivity index (χ2v) is 5.72. The minimum atomic E-state index is -0.277. The van der Waals surface area contributed by atoms with Gasteiger partial charge >= 0.3 is 0 Å². The van der Waals surface area contributed by atoms with E-state index in [9.17, 15) is 4.79 Å². The maximum atomic E-state index is 12.1. The molecular formula is C16H13ClN6O. The molecule has 1 amide bonds. The van der Waals surface area contributed by atoms with Crippen molar-refractivity contribution in [1.29, 1.82) is 5.26 Å². The van der Waals surface area contributed by atoms with E-state index in [2.05, 4.69) is 20.4 Å². The van der Waals surface area contributed by atoms with E-state index >= 15 is 0 Å². The maximum Gasteiger partial charge on any atom is 0.252 e. The number of benzene rings is 1. The second-order valence-electron chi connectivity index (χ2n) is 5.31. The molecule has 0 unspecified atom stereocenters. The lowest BCUT2D eigenvalue weighted by Crippen LogP contribution is -2.15. The first kappa shape index (κ1) is 15.9. The van der Waals surface area contributed by atoms with Crippen molar-refractivity contribution >= 4 is 29.0 Å². The number of carbonyl (C=O) groups excluding carboxylic acids is 1. The summed E-state index contributed by atoms with van der Waals surface area (Å²) in [5, 5.41) is 16.1. The molecule has 0 saturated carbocycles. The van der Waals surface area contributed by atoms with Crippen LogP contribution in [0, 0.1) is 25.2 Å². The van der Waals surface area contributed by atoms with Crippen LogP contribution in [-0.2, 0) is 11.2 Å². The number of rotatable bonds is 3. The Balaban J connectivity index is 1.76. The lowest BCUT2D eigenvalue weighted by atomic mass is 10.2. The van der Waals surface area contributed by atoms with Gasteiger partial charge in [-0.2, -0.15) is 10.2 Å². The minimum absolute atomic E-state index is 0.0134. The van der Waals surface area contributed by atoms with E-state index in [1.165, 1.54) is 6.07 Å². The quantitative estimate of drug-likeness (QED) is 0.790. The monoisotopic (exact) mass is 340 g/mol. The summed E-state index contributed by atoms with van der Waals surface area (Å²) in [6, 6.07) is 8.56. The summed E-state index contributed by atoms with van der Waals surface area (Å²) in [4.78, 5) is 20.7. The molecule has 0 radical (unpaired) electrons. The van der Waals surface area contributed by atoms with Crippen molar-refractivity contribution in [2.45, 2.75) is 20.3 Å². The average molecular weight is 341 g/mol. The molecule has 8 heteroatoms. The van der Waals surface area contributed by atoms with Crippen molar-refractivity contribution in [3.8, 4) is 6.07 Å². The molecule has 3 aromatic rings. The molecule has 0 aliphatic rings. The first-order valence-electron chi connectivity index (χ1n) is 7.15. The highest BCUT2D eigenvalue weighted by Crippen LogP contribution is 2.20. The number of nitrogens with one attached hydrogen (secondary N) is 1. The van der Waals surface area contributed by atoms with Gasteiger partial charge in [0.15, 0.2) is 5.82 Å². The van der Waals surface area contributed by atoms with Gasteiger partial charge in [-0.1, -0.05) is 11.6 Å². The molecule has 0 fully saturated rings. The van der Waals surface area contributed by atoms with Gasteiger partial charge in [0.05, 0.1) is 17.0 Å². The largest absolute Gasteiger partial charge is 0.326 e. The fraction of sp³-hybridized carbons (Fsp3) is 0.188. The first-order chi connectivity index (χ1) is 11.5. The van der Waals surface area contributed by atoms with E-state index in [1.807, 2.05) is 26.0 Å². The van der Waals surface area contributed by atoms with Crippen LogP contribution in [0.25, 0.3) is 5.78 Å². The molecule has 7 nitrogen and oxygen atoms in total. The van der Waals surface area contributed by atoms with Crippen LogP contribution in [0.15, 0.2) is 24.3 Å². The Bertz CT molecular complexity index is 988. The summed E-state index contributed by atoms with van der Waals surface area (Å²) in [6.07, 6.45) is 0.0134. The normalized spacial score (nSPS) is 10.6. The molecule has 0 spiro atoms. The number of amides is 1. The Kier molecular flexibility index (Phi) is 4.15. The predicted molar refractivity (Wildman–Crippen MR) is 88.8 cm³/mol. The summed E-state index contributed by atoms with van der Waals surface area (Å²) in [5.74, 6) is 0.575. The van der Waals surface area contributed by atoms with Gasteiger partial charge in [0, 0.05) is 17.1 Å². The highest BCUT2D eigenvalue weighted by Gasteiger charge is 2.12. The van der Waals surface area contributed by atoms with E-state index < -0.39 is 0 Å². The molecule has 0 aliphatic carbocycles. The second kappa shape index (κ2) is 6.26. The zero-order valence-electron chi connectivity index (χ0n) is 13.0.